The zero-order valence-electron chi connectivity index (χ0n) is 11.3. The van der Waals surface area contributed by atoms with E-state index in [-0.39, 0.29) is 11.8 Å². The van der Waals surface area contributed by atoms with Crippen LogP contribution in [0.4, 0.5) is 13.2 Å². The number of aromatic nitrogens is 2. The Bertz CT molecular complexity index is 620. The predicted octanol–water partition coefficient (Wildman–Crippen LogP) is 3.99. The van der Waals surface area contributed by atoms with E-state index in [9.17, 15) is 18.3 Å². The molecule has 0 atom stereocenters. The molecule has 3 nitrogen and oxygen atoms in total. The highest BCUT2D eigenvalue weighted by Crippen LogP contribution is 2.31. The Balaban J connectivity index is 2.42. The summed E-state index contributed by atoms with van der Waals surface area (Å²) in [4.78, 5) is 0. The summed E-state index contributed by atoms with van der Waals surface area (Å²) >= 11 is 6.15. The lowest BCUT2D eigenvalue weighted by molar-refractivity contribution is -0.137. The molecule has 0 unspecified atom stereocenters. The fourth-order valence-corrected chi connectivity index (χ4v) is 2.33. The summed E-state index contributed by atoms with van der Waals surface area (Å²) in [5.41, 5.74) is 0.860. The van der Waals surface area contributed by atoms with E-state index in [4.69, 9.17) is 11.6 Å². The summed E-state index contributed by atoms with van der Waals surface area (Å²) < 4.78 is 39.0. The first-order chi connectivity index (χ1) is 9.88. The van der Waals surface area contributed by atoms with Crippen molar-refractivity contribution >= 4 is 11.6 Å². The summed E-state index contributed by atoms with van der Waals surface area (Å²) in [5, 5.41) is 13.8. The van der Waals surface area contributed by atoms with Crippen molar-refractivity contribution in [2.45, 2.75) is 32.5 Å². The number of hydrogen-bond donors (Lipinski definition) is 1. The number of halogens is 4. The van der Waals surface area contributed by atoms with E-state index in [0.29, 0.717) is 23.4 Å². The number of aliphatic hydroxyl groups excluding tert-OH is 1. The Morgan fingerprint density at radius 1 is 1.24 bits per heavy atom. The molecule has 2 rings (SSSR count). The molecule has 2 aromatic rings. The quantitative estimate of drug-likeness (QED) is 0.925. The maximum Gasteiger partial charge on any atom is 0.416 e. The van der Waals surface area contributed by atoms with Crippen LogP contribution in [0.5, 0.6) is 0 Å². The molecule has 7 heteroatoms. The van der Waals surface area contributed by atoms with Crippen LogP contribution in [-0.2, 0) is 19.2 Å². The van der Waals surface area contributed by atoms with Crippen molar-refractivity contribution in [1.29, 1.82) is 0 Å². The summed E-state index contributed by atoms with van der Waals surface area (Å²) in [6.07, 6.45) is -2.91. The van der Waals surface area contributed by atoms with Crippen LogP contribution in [0.3, 0.4) is 0 Å². The maximum atomic E-state index is 12.5. The van der Waals surface area contributed by atoms with Gasteiger partial charge in [0.2, 0.25) is 0 Å². The maximum absolute atomic E-state index is 12.5. The first kappa shape index (κ1) is 15.9. The number of benzene rings is 1. The molecule has 0 amide bonds. The molecule has 0 saturated carbocycles. The lowest BCUT2D eigenvalue weighted by atomic mass is 10.2. The second-order valence-corrected chi connectivity index (χ2v) is 4.94. The predicted molar refractivity (Wildman–Crippen MR) is 73.5 cm³/mol. The average molecular weight is 319 g/mol. The molecule has 1 aromatic carbocycles. The minimum absolute atomic E-state index is 0.223. The van der Waals surface area contributed by atoms with Crippen LogP contribution in [0.15, 0.2) is 24.3 Å². The lowest BCUT2D eigenvalue weighted by Crippen LogP contribution is -2.05. The normalized spacial score (nSPS) is 11.9. The van der Waals surface area contributed by atoms with Crippen molar-refractivity contribution in [3.8, 4) is 5.69 Å². The SMILES string of the molecule is CCCc1nn(-c2ccc(C(F)(F)F)cc2)c(Cl)c1CO. The van der Waals surface area contributed by atoms with Gasteiger partial charge in [-0.25, -0.2) is 4.68 Å². The molecule has 1 heterocycles. The summed E-state index contributed by atoms with van der Waals surface area (Å²) in [6.45, 7) is 1.71. The van der Waals surface area contributed by atoms with Crippen LogP contribution >= 0.6 is 11.6 Å². The summed E-state index contributed by atoms with van der Waals surface area (Å²) in [5.74, 6) is 0. The highest BCUT2D eigenvalue weighted by Gasteiger charge is 2.30. The van der Waals surface area contributed by atoms with Crippen molar-refractivity contribution in [3.63, 3.8) is 0 Å². The van der Waals surface area contributed by atoms with Gasteiger partial charge in [-0.1, -0.05) is 24.9 Å². The van der Waals surface area contributed by atoms with Gasteiger partial charge in [-0.3, -0.25) is 0 Å². The van der Waals surface area contributed by atoms with Gasteiger partial charge in [0.15, 0.2) is 0 Å². The largest absolute Gasteiger partial charge is 0.416 e. The van der Waals surface area contributed by atoms with E-state index in [1.165, 1.54) is 16.8 Å². The van der Waals surface area contributed by atoms with Crippen molar-refractivity contribution in [1.82, 2.24) is 9.78 Å². The fourth-order valence-electron chi connectivity index (χ4n) is 2.03. The van der Waals surface area contributed by atoms with Gasteiger partial charge < -0.3 is 5.11 Å². The first-order valence-corrected chi connectivity index (χ1v) is 6.81. The van der Waals surface area contributed by atoms with Gasteiger partial charge in [0.05, 0.1) is 23.6 Å². The second kappa shape index (κ2) is 6.07. The van der Waals surface area contributed by atoms with E-state index >= 15 is 0 Å². The Morgan fingerprint density at radius 2 is 1.86 bits per heavy atom. The third kappa shape index (κ3) is 3.22. The van der Waals surface area contributed by atoms with Crippen molar-refractivity contribution in [2.75, 3.05) is 0 Å². The van der Waals surface area contributed by atoms with Gasteiger partial charge in [0.25, 0.3) is 0 Å². The van der Waals surface area contributed by atoms with Crippen LogP contribution in [0.1, 0.15) is 30.2 Å². The monoisotopic (exact) mass is 318 g/mol. The smallest absolute Gasteiger partial charge is 0.391 e. The molecule has 0 bridgehead atoms. The Hall–Kier alpha value is -1.53. The Labute approximate surface area is 125 Å². The topological polar surface area (TPSA) is 38.0 Å². The molecule has 0 fully saturated rings. The Morgan fingerprint density at radius 3 is 2.33 bits per heavy atom. The number of aliphatic hydroxyl groups is 1. The molecule has 0 radical (unpaired) electrons. The fraction of sp³-hybridized carbons (Fsp3) is 0.357. The van der Waals surface area contributed by atoms with Gasteiger partial charge in [0, 0.05) is 5.56 Å². The highest BCUT2D eigenvalue weighted by molar-refractivity contribution is 6.30. The van der Waals surface area contributed by atoms with Gasteiger partial charge in [0.1, 0.15) is 5.15 Å². The molecule has 0 saturated heterocycles. The molecule has 0 aliphatic heterocycles. The molecule has 0 spiro atoms. The highest BCUT2D eigenvalue weighted by atomic mass is 35.5. The van der Waals surface area contributed by atoms with Crippen LogP contribution in [0.2, 0.25) is 5.15 Å². The van der Waals surface area contributed by atoms with E-state index in [2.05, 4.69) is 5.10 Å². The summed E-state index contributed by atoms with van der Waals surface area (Å²) in [7, 11) is 0. The van der Waals surface area contributed by atoms with Gasteiger partial charge in [-0.2, -0.15) is 18.3 Å². The molecule has 0 aliphatic rings. The van der Waals surface area contributed by atoms with Gasteiger partial charge in [-0.05, 0) is 30.7 Å². The zero-order valence-corrected chi connectivity index (χ0v) is 12.0. The molecular weight excluding hydrogens is 305 g/mol. The third-order valence-corrected chi connectivity index (χ3v) is 3.48. The minimum Gasteiger partial charge on any atom is -0.391 e. The molecule has 1 aromatic heterocycles. The number of nitrogens with zero attached hydrogens (tertiary/aromatic N) is 2. The molecule has 0 aliphatic carbocycles. The standard InChI is InChI=1S/C14H14ClF3N2O/c1-2-3-12-11(8-21)13(15)20(19-12)10-6-4-9(5-7-10)14(16,17)18/h4-7,21H,2-3,8H2,1H3. The first-order valence-electron chi connectivity index (χ1n) is 6.43. The van der Waals surface area contributed by atoms with Crippen molar-refractivity contribution < 1.29 is 18.3 Å². The molecular formula is C14H14ClF3N2O. The van der Waals surface area contributed by atoms with Crippen molar-refractivity contribution in [3.05, 3.63) is 46.2 Å². The van der Waals surface area contributed by atoms with E-state index in [1.807, 2.05) is 6.92 Å². The summed E-state index contributed by atoms with van der Waals surface area (Å²) in [6, 6.07) is 4.56. The van der Waals surface area contributed by atoms with Crippen molar-refractivity contribution in [2.24, 2.45) is 0 Å². The van der Waals surface area contributed by atoms with E-state index in [0.717, 1.165) is 18.6 Å². The third-order valence-electron chi connectivity index (χ3n) is 3.09. The number of alkyl halides is 3. The average Bonchev–Trinajstić information content (AvgIpc) is 2.74. The van der Waals surface area contributed by atoms with Crippen LogP contribution < -0.4 is 0 Å². The van der Waals surface area contributed by atoms with Gasteiger partial charge >= 0.3 is 6.18 Å². The molecule has 1 N–H and O–H groups in total. The van der Waals surface area contributed by atoms with Crippen LogP contribution in [-0.4, -0.2) is 14.9 Å². The van der Waals surface area contributed by atoms with Crippen LogP contribution in [0, 0.1) is 0 Å². The van der Waals surface area contributed by atoms with Gasteiger partial charge in [-0.15, -0.1) is 0 Å². The lowest BCUT2D eigenvalue weighted by Gasteiger charge is -2.08. The van der Waals surface area contributed by atoms with Crippen LogP contribution in [0.25, 0.3) is 5.69 Å². The number of rotatable bonds is 4. The molecule has 21 heavy (non-hydrogen) atoms. The number of hydrogen-bond acceptors (Lipinski definition) is 2. The van der Waals surface area contributed by atoms with E-state index in [1.54, 1.807) is 0 Å². The Kier molecular flexibility index (Phi) is 4.58. The second-order valence-electron chi connectivity index (χ2n) is 4.58. The molecule has 114 valence electrons. The van der Waals surface area contributed by atoms with E-state index < -0.39 is 11.7 Å². The number of aryl methyl sites for hydroxylation is 1. The zero-order chi connectivity index (χ0) is 15.6. The minimum atomic E-state index is -4.38.